The van der Waals surface area contributed by atoms with Crippen LogP contribution in [0.2, 0.25) is 0 Å². The van der Waals surface area contributed by atoms with E-state index < -0.39 is 0 Å². The predicted molar refractivity (Wildman–Crippen MR) is 82.7 cm³/mol. The van der Waals surface area contributed by atoms with Gasteiger partial charge in [-0.25, -0.2) is 9.97 Å². The average molecular weight is 289 g/mol. The first kappa shape index (κ1) is 14.8. The first-order chi connectivity index (χ1) is 9.58. The van der Waals surface area contributed by atoms with Crippen LogP contribution in [0.1, 0.15) is 20.8 Å². The lowest BCUT2D eigenvalue weighted by Gasteiger charge is -2.17. The van der Waals surface area contributed by atoms with Gasteiger partial charge in [0.1, 0.15) is 11.4 Å². The molecule has 0 fully saturated rings. The molecule has 1 heterocycles. The smallest absolute Gasteiger partial charge is 0.230 e. The molecule has 2 rings (SSSR count). The van der Waals surface area contributed by atoms with Crippen LogP contribution in [-0.2, 0) is 4.79 Å². The highest BCUT2D eigenvalue weighted by atomic mass is 32.2. The predicted octanol–water partition coefficient (Wildman–Crippen LogP) is 2.88. The summed E-state index contributed by atoms with van der Waals surface area (Å²) in [6.45, 7) is 6.21. The molecule has 1 unspecified atom stereocenters. The van der Waals surface area contributed by atoms with Crippen LogP contribution in [0.4, 0.5) is 0 Å². The number of carbonyl (C=O) groups excluding carboxylic acids is 1. The Bertz CT molecular complexity index is 595. The second-order valence-electron chi connectivity index (χ2n) is 5.08. The minimum Gasteiger partial charge on any atom is -0.353 e. The Morgan fingerprint density at radius 2 is 2.00 bits per heavy atom. The number of rotatable bonds is 5. The number of fused-ring (bicyclic) bond motifs is 1. The molecule has 1 atom stereocenters. The third-order valence-corrected chi connectivity index (χ3v) is 4.24. The fourth-order valence-electron chi connectivity index (χ4n) is 1.69. The van der Waals surface area contributed by atoms with Crippen molar-refractivity contribution in [3.05, 3.63) is 30.6 Å². The maximum Gasteiger partial charge on any atom is 0.230 e. The molecule has 0 saturated carbocycles. The molecule has 20 heavy (non-hydrogen) atoms. The first-order valence-corrected chi connectivity index (χ1v) is 7.68. The fraction of sp³-hybridized carbons (Fsp3) is 0.400. The van der Waals surface area contributed by atoms with Crippen molar-refractivity contribution in [3.8, 4) is 0 Å². The van der Waals surface area contributed by atoms with Gasteiger partial charge in [0.05, 0.1) is 11.3 Å². The molecule has 106 valence electrons. The van der Waals surface area contributed by atoms with Gasteiger partial charge in [-0.2, -0.15) is 0 Å². The Kier molecular flexibility index (Phi) is 4.95. The highest BCUT2D eigenvalue weighted by molar-refractivity contribution is 8.00. The third kappa shape index (κ3) is 3.70. The Morgan fingerprint density at radius 3 is 2.75 bits per heavy atom. The molecule has 5 heteroatoms. The number of nitrogens with zero attached hydrogens (tertiary/aromatic N) is 2. The average Bonchev–Trinajstić information content (AvgIpc) is 2.44. The van der Waals surface area contributed by atoms with Gasteiger partial charge in [-0.05, 0) is 18.9 Å². The van der Waals surface area contributed by atoms with E-state index in [2.05, 4.69) is 29.1 Å². The minimum atomic E-state index is 0.0406. The lowest BCUT2D eigenvalue weighted by molar-refractivity contribution is -0.119. The van der Waals surface area contributed by atoms with Gasteiger partial charge in [0.2, 0.25) is 5.91 Å². The van der Waals surface area contributed by atoms with Crippen LogP contribution in [0.5, 0.6) is 0 Å². The van der Waals surface area contributed by atoms with Gasteiger partial charge in [0.15, 0.2) is 0 Å². The molecule has 1 aromatic carbocycles. The van der Waals surface area contributed by atoms with Crippen LogP contribution in [0.25, 0.3) is 10.9 Å². The van der Waals surface area contributed by atoms with Crippen LogP contribution in [0, 0.1) is 5.92 Å². The number of benzene rings is 1. The number of thioether (sulfide) groups is 1. The summed E-state index contributed by atoms with van der Waals surface area (Å²) in [6, 6.07) is 8.01. The Morgan fingerprint density at radius 1 is 1.25 bits per heavy atom. The Balaban J connectivity index is 2.01. The zero-order valence-corrected chi connectivity index (χ0v) is 12.8. The van der Waals surface area contributed by atoms with Crippen molar-refractivity contribution in [2.24, 2.45) is 5.92 Å². The van der Waals surface area contributed by atoms with Crippen molar-refractivity contribution >= 4 is 28.6 Å². The van der Waals surface area contributed by atoms with Gasteiger partial charge < -0.3 is 5.32 Å². The number of hydrogen-bond acceptors (Lipinski definition) is 4. The normalized spacial score (nSPS) is 12.6. The van der Waals surface area contributed by atoms with Crippen LogP contribution in [-0.4, -0.2) is 27.7 Å². The summed E-state index contributed by atoms with van der Waals surface area (Å²) < 4.78 is 0. The van der Waals surface area contributed by atoms with Gasteiger partial charge in [-0.15, -0.1) is 0 Å². The van der Waals surface area contributed by atoms with E-state index >= 15 is 0 Å². The van der Waals surface area contributed by atoms with Crippen molar-refractivity contribution in [1.29, 1.82) is 0 Å². The Labute approximate surface area is 123 Å². The molecule has 0 aliphatic heterocycles. The van der Waals surface area contributed by atoms with Crippen LogP contribution < -0.4 is 5.32 Å². The van der Waals surface area contributed by atoms with E-state index in [0.29, 0.717) is 11.7 Å². The molecule has 0 aliphatic rings. The summed E-state index contributed by atoms with van der Waals surface area (Å²) in [7, 11) is 0. The lowest BCUT2D eigenvalue weighted by atomic mass is 10.1. The van der Waals surface area contributed by atoms with Crippen LogP contribution in [0.3, 0.4) is 0 Å². The molecule has 4 nitrogen and oxygen atoms in total. The van der Waals surface area contributed by atoms with E-state index in [-0.39, 0.29) is 11.9 Å². The van der Waals surface area contributed by atoms with E-state index in [9.17, 15) is 4.79 Å². The molecular formula is C15H19N3OS. The summed E-state index contributed by atoms with van der Waals surface area (Å²) >= 11 is 1.45. The quantitative estimate of drug-likeness (QED) is 0.679. The standard InChI is InChI=1S/C15H19N3OS/c1-10(2)11(3)18-14(19)8-20-15-12-6-4-5-7-13(12)16-9-17-15/h4-7,9-11H,8H2,1-3H3,(H,18,19). The maximum atomic E-state index is 11.9. The molecule has 1 aromatic heterocycles. The lowest BCUT2D eigenvalue weighted by Crippen LogP contribution is -2.37. The van der Waals surface area contributed by atoms with E-state index in [1.54, 1.807) is 6.33 Å². The van der Waals surface area contributed by atoms with Crippen LogP contribution in [0.15, 0.2) is 35.6 Å². The molecule has 1 amide bonds. The molecule has 0 radical (unpaired) electrons. The first-order valence-electron chi connectivity index (χ1n) is 6.70. The van der Waals surface area contributed by atoms with Crippen molar-refractivity contribution in [2.75, 3.05) is 5.75 Å². The number of carbonyl (C=O) groups is 1. The molecule has 1 N–H and O–H groups in total. The van der Waals surface area contributed by atoms with E-state index in [0.717, 1.165) is 15.9 Å². The number of aromatic nitrogens is 2. The van der Waals surface area contributed by atoms with Gasteiger partial charge >= 0.3 is 0 Å². The summed E-state index contributed by atoms with van der Waals surface area (Å²) in [5.41, 5.74) is 0.904. The van der Waals surface area contributed by atoms with Gasteiger partial charge in [0.25, 0.3) is 0 Å². The molecule has 0 aliphatic carbocycles. The summed E-state index contributed by atoms with van der Waals surface area (Å²) in [4.78, 5) is 20.4. The molecule has 2 aromatic rings. The zero-order valence-electron chi connectivity index (χ0n) is 12.0. The number of nitrogens with one attached hydrogen (secondary N) is 1. The van der Waals surface area contributed by atoms with Gasteiger partial charge in [0, 0.05) is 11.4 Å². The zero-order chi connectivity index (χ0) is 14.5. The monoisotopic (exact) mass is 289 g/mol. The number of hydrogen-bond donors (Lipinski definition) is 1. The largest absolute Gasteiger partial charge is 0.353 e. The van der Waals surface area contributed by atoms with E-state index in [1.165, 1.54) is 11.8 Å². The number of para-hydroxylation sites is 1. The SMILES string of the molecule is CC(C)C(C)NC(=O)CSc1ncnc2ccccc12. The second-order valence-corrected chi connectivity index (χ2v) is 6.05. The maximum absolute atomic E-state index is 11.9. The fourth-order valence-corrected chi connectivity index (χ4v) is 2.49. The van der Waals surface area contributed by atoms with Crippen LogP contribution >= 0.6 is 11.8 Å². The molecule has 0 saturated heterocycles. The van der Waals surface area contributed by atoms with Crippen molar-refractivity contribution in [1.82, 2.24) is 15.3 Å². The summed E-state index contributed by atoms with van der Waals surface area (Å²) in [6.07, 6.45) is 1.54. The summed E-state index contributed by atoms with van der Waals surface area (Å²) in [5.74, 6) is 0.848. The van der Waals surface area contributed by atoms with Crippen molar-refractivity contribution in [3.63, 3.8) is 0 Å². The molecule has 0 bridgehead atoms. The molecular weight excluding hydrogens is 270 g/mol. The van der Waals surface area contributed by atoms with Crippen molar-refractivity contribution in [2.45, 2.75) is 31.8 Å². The summed E-state index contributed by atoms with van der Waals surface area (Å²) in [5, 5.41) is 4.83. The van der Waals surface area contributed by atoms with E-state index in [4.69, 9.17) is 0 Å². The van der Waals surface area contributed by atoms with Gasteiger partial charge in [-0.1, -0.05) is 43.8 Å². The molecule has 0 spiro atoms. The van der Waals surface area contributed by atoms with E-state index in [1.807, 2.05) is 31.2 Å². The minimum absolute atomic E-state index is 0.0406. The number of amides is 1. The van der Waals surface area contributed by atoms with Crippen molar-refractivity contribution < 1.29 is 4.79 Å². The van der Waals surface area contributed by atoms with Gasteiger partial charge in [-0.3, -0.25) is 4.79 Å². The third-order valence-electron chi connectivity index (χ3n) is 3.23. The second kappa shape index (κ2) is 6.70. The topological polar surface area (TPSA) is 54.9 Å². The highest BCUT2D eigenvalue weighted by Gasteiger charge is 2.12. The highest BCUT2D eigenvalue weighted by Crippen LogP contribution is 2.23. The Hall–Kier alpha value is -1.62.